The summed E-state index contributed by atoms with van der Waals surface area (Å²) >= 11 is 0. The van der Waals surface area contributed by atoms with Gasteiger partial charge in [-0.1, -0.05) is 24.3 Å². The van der Waals surface area contributed by atoms with Crippen molar-refractivity contribution in [3.05, 3.63) is 65.2 Å². The number of esters is 1. The maximum absolute atomic E-state index is 12.0. The van der Waals surface area contributed by atoms with E-state index in [0.29, 0.717) is 12.1 Å². The minimum absolute atomic E-state index is 0.276. The van der Waals surface area contributed by atoms with E-state index in [1.165, 1.54) is 11.1 Å². The number of nitrogens with one attached hydrogen (secondary N) is 1. The molecule has 2 aromatic carbocycles. The standard InChI is InChI=1S/C20H24N2O3/c1-15-6-4-5-7-16(15)12-13-21-19(23)14-25-20(24)17-8-10-18(11-9-17)22(2)3/h4-11H,12-14H2,1-3H3,(H,21,23). The fraction of sp³-hybridized carbons (Fsp3) is 0.300. The van der Waals surface area contributed by atoms with Gasteiger partial charge in [0.2, 0.25) is 0 Å². The first-order chi connectivity index (χ1) is 12.0. The van der Waals surface area contributed by atoms with Gasteiger partial charge in [0.15, 0.2) is 6.61 Å². The van der Waals surface area contributed by atoms with E-state index in [-0.39, 0.29) is 12.5 Å². The first-order valence-electron chi connectivity index (χ1n) is 8.23. The highest BCUT2D eigenvalue weighted by atomic mass is 16.5. The molecule has 1 amide bonds. The van der Waals surface area contributed by atoms with Crippen molar-refractivity contribution in [1.82, 2.24) is 5.32 Å². The van der Waals surface area contributed by atoms with E-state index >= 15 is 0 Å². The zero-order valence-electron chi connectivity index (χ0n) is 14.9. The zero-order valence-corrected chi connectivity index (χ0v) is 14.9. The number of carbonyl (C=O) groups is 2. The molecule has 0 saturated carbocycles. The van der Waals surface area contributed by atoms with Crippen molar-refractivity contribution < 1.29 is 14.3 Å². The molecule has 0 aliphatic heterocycles. The van der Waals surface area contributed by atoms with Gasteiger partial charge < -0.3 is 15.0 Å². The molecule has 1 N–H and O–H groups in total. The summed E-state index contributed by atoms with van der Waals surface area (Å²) in [5.74, 6) is -0.800. The third kappa shape index (κ3) is 5.64. The number of hydrogen-bond acceptors (Lipinski definition) is 4. The molecule has 0 atom stereocenters. The molecular formula is C20H24N2O3. The Morgan fingerprint density at radius 1 is 1.04 bits per heavy atom. The largest absolute Gasteiger partial charge is 0.452 e. The Kier molecular flexibility index (Phi) is 6.57. The second-order valence-corrected chi connectivity index (χ2v) is 6.04. The van der Waals surface area contributed by atoms with Gasteiger partial charge in [-0.05, 0) is 48.7 Å². The van der Waals surface area contributed by atoms with Crippen LogP contribution in [-0.2, 0) is 16.0 Å². The number of benzene rings is 2. The molecule has 2 aromatic rings. The lowest BCUT2D eigenvalue weighted by molar-refractivity contribution is -0.124. The molecule has 0 saturated heterocycles. The van der Waals surface area contributed by atoms with E-state index < -0.39 is 5.97 Å². The summed E-state index contributed by atoms with van der Waals surface area (Å²) in [6, 6.07) is 15.1. The van der Waals surface area contributed by atoms with Crippen LogP contribution >= 0.6 is 0 Å². The quantitative estimate of drug-likeness (QED) is 0.787. The highest BCUT2D eigenvalue weighted by molar-refractivity contribution is 5.91. The molecule has 0 bridgehead atoms. The molecule has 0 unspecified atom stereocenters. The second kappa shape index (κ2) is 8.87. The summed E-state index contributed by atoms with van der Waals surface area (Å²) in [7, 11) is 3.85. The number of nitrogens with zero attached hydrogens (tertiary/aromatic N) is 1. The molecule has 0 aromatic heterocycles. The topological polar surface area (TPSA) is 58.6 Å². The van der Waals surface area contributed by atoms with Gasteiger partial charge in [0.25, 0.3) is 5.91 Å². The van der Waals surface area contributed by atoms with Crippen molar-refractivity contribution in [2.75, 3.05) is 32.1 Å². The molecule has 0 heterocycles. The first-order valence-corrected chi connectivity index (χ1v) is 8.23. The zero-order chi connectivity index (χ0) is 18.2. The van der Waals surface area contributed by atoms with E-state index in [1.54, 1.807) is 12.1 Å². The maximum atomic E-state index is 12.0. The molecule has 0 aliphatic rings. The van der Waals surface area contributed by atoms with Crippen LogP contribution in [0.15, 0.2) is 48.5 Å². The Morgan fingerprint density at radius 2 is 1.72 bits per heavy atom. The third-order valence-electron chi connectivity index (χ3n) is 3.93. The molecule has 132 valence electrons. The molecular weight excluding hydrogens is 316 g/mol. The van der Waals surface area contributed by atoms with Crippen molar-refractivity contribution in [2.45, 2.75) is 13.3 Å². The van der Waals surface area contributed by atoms with Crippen molar-refractivity contribution in [3.63, 3.8) is 0 Å². The van der Waals surface area contributed by atoms with Crippen LogP contribution in [0.25, 0.3) is 0 Å². The van der Waals surface area contributed by atoms with Gasteiger partial charge in [-0.3, -0.25) is 4.79 Å². The molecule has 5 nitrogen and oxygen atoms in total. The maximum Gasteiger partial charge on any atom is 0.338 e. The van der Waals surface area contributed by atoms with E-state index in [9.17, 15) is 9.59 Å². The Hall–Kier alpha value is -2.82. The minimum Gasteiger partial charge on any atom is -0.452 e. The van der Waals surface area contributed by atoms with Gasteiger partial charge in [0, 0.05) is 26.3 Å². The molecule has 25 heavy (non-hydrogen) atoms. The lowest BCUT2D eigenvalue weighted by Crippen LogP contribution is -2.30. The lowest BCUT2D eigenvalue weighted by atomic mass is 10.1. The lowest BCUT2D eigenvalue weighted by Gasteiger charge is -2.12. The molecule has 0 fully saturated rings. The normalized spacial score (nSPS) is 10.2. The van der Waals surface area contributed by atoms with Gasteiger partial charge in [0.1, 0.15) is 0 Å². The number of rotatable bonds is 7. The number of ether oxygens (including phenoxy) is 1. The van der Waals surface area contributed by atoms with Crippen LogP contribution in [0, 0.1) is 6.92 Å². The van der Waals surface area contributed by atoms with Gasteiger partial charge in [-0.15, -0.1) is 0 Å². The first kappa shape index (κ1) is 18.5. The molecule has 0 spiro atoms. The highest BCUT2D eigenvalue weighted by Gasteiger charge is 2.10. The fourth-order valence-electron chi connectivity index (χ4n) is 2.39. The SMILES string of the molecule is Cc1ccccc1CCNC(=O)COC(=O)c1ccc(N(C)C)cc1. The van der Waals surface area contributed by atoms with E-state index in [1.807, 2.05) is 62.3 Å². The summed E-state index contributed by atoms with van der Waals surface area (Å²) in [4.78, 5) is 25.7. The summed E-state index contributed by atoms with van der Waals surface area (Å²) in [6.45, 7) is 2.28. The van der Waals surface area contributed by atoms with Crippen LogP contribution in [-0.4, -0.2) is 39.1 Å². The van der Waals surface area contributed by atoms with Crippen molar-refractivity contribution in [2.24, 2.45) is 0 Å². The number of anilines is 1. The molecule has 0 aliphatic carbocycles. The summed E-state index contributed by atoms with van der Waals surface area (Å²) in [5.41, 5.74) is 3.81. The predicted molar refractivity (Wildman–Crippen MR) is 98.9 cm³/mol. The van der Waals surface area contributed by atoms with E-state index in [4.69, 9.17) is 4.74 Å². The van der Waals surface area contributed by atoms with Crippen LogP contribution in [0.3, 0.4) is 0 Å². The van der Waals surface area contributed by atoms with E-state index in [2.05, 4.69) is 5.32 Å². The van der Waals surface area contributed by atoms with E-state index in [0.717, 1.165) is 12.1 Å². The average Bonchev–Trinajstić information content (AvgIpc) is 2.61. The number of aryl methyl sites for hydroxylation is 1. The van der Waals surface area contributed by atoms with Gasteiger partial charge >= 0.3 is 5.97 Å². The molecule has 2 rings (SSSR count). The Labute approximate surface area is 148 Å². The Morgan fingerprint density at radius 3 is 2.36 bits per heavy atom. The van der Waals surface area contributed by atoms with Crippen LogP contribution in [0.5, 0.6) is 0 Å². The van der Waals surface area contributed by atoms with Gasteiger partial charge in [-0.2, -0.15) is 0 Å². The van der Waals surface area contributed by atoms with Crippen molar-refractivity contribution >= 4 is 17.6 Å². The number of hydrogen-bond donors (Lipinski definition) is 1. The fourth-order valence-corrected chi connectivity index (χ4v) is 2.39. The van der Waals surface area contributed by atoms with Gasteiger partial charge in [-0.25, -0.2) is 4.79 Å². The number of amides is 1. The average molecular weight is 340 g/mol. The van der Waals surface area contributed by atoms with Crippen LogP contribution in [0.1, 0.15) is 21.5 Å². The summed E-state index contributed by atoms with van der Waals surface area (Å²) < 4.78 is 5.05. The highest BCUT2D eigenvalue weighted by Crippen LogP contribution is 2.13. The third-order valence-corrected chi connectivity index (χ3v) is 3.93. The summed E-state index contributed by atoms with van der Waals surface area (Å²) in [5, 5.41) is 2.77. The van der Waals surface area contributed by atoms with Crippen LogP contribution in [0.4, 0.5) is 5.69 Å². The second-order valence-electron chi connectivity index (χ2n) is 6.04. The Balaban J connectivity index is 1.74. The van der Waals surface area contributed by atoms with Crippen LogP contribution < -0.4 is 10.2 Å². The van der Waals surface area contributed by atoms with Gasteiger partial charge in [0.05, 0.1) is 5.56 Å². The molecule has 5 heteroatoms. The van der Waals surface area contributed by atoms with Crippen molar-refractivity contribution in [3.8, 4) is 0 Å². The Bertz CT molecular complexity index is 724. The molecule has 0 radical (unpaired) electrons. The van der Waals surface area contributed by atoms with Crippen molar-refractivity contribution in [1.29, 1.82) is 0 Å². The predicted octanol–water partition coefficient (Wildman–Crippen LogP) is 2.58. The smallest absolute Gasteiger partial charge is 0.338 e. The number of carbonyl (C=O) groups excluding carboxylic acids is 2. The monoisotopic (exact) mass is 340 g/mol. The summed E-state index contributed by atoms with van der Waals surface area (Å²) in [6.07, 6.45) is 0.748. The minimum atomic E-state index is -0.501. The van der Waals surface area contributed by atoms with Crippen LogP contribution in [0.2, 0.25) is 0 Å².